The second kappa shape index (κ2) is 5.36. The summed E-state index contributed by atoms with van der Waals surface area (Å²) in [6.07, 6.45) is -0.627. The highest BCUT2D eigenvalue weighted by Crippen LogP contribution is 2.41. The average molecular weight is 267 g/mol. The first-order valence-electron chi connectivity index (χ1n) is 6.28. The van der Waals surface area contributed by atoms with E-state index in [4.69, 9.17) is 19.9 Å². The lowest BCUT2D eigenvalue weighted by Crippen LogP contribution is -2.58. The van der Waals surface area contributed by atoms with Crippen LogP contribution in [-0.2, 0) is 10.2 Å². The fourth-order valence-corrected chi connectivity index (χ4v) is 2.59. The molecule has 3 N–H and O–H groups in total. The van der Waals surface area contributed by atoms with Gasteiger partial charge in [0, 0.05) is 6.54 Å². The van der Waals surface area contributed by atoms with Crippen LogP contribution in [0.15, 0.2) is 12.1 Å². The molecule has 0 aliphatic carbocycles. The Labute approximate surface area is 113 Å². The van der Waals surface area contributed by atoms with Crippen LogP contribution in [0.4, 0.5) is 0 Å². The molecule has 1 aromatic rings. The number of aliphatic hydroxyl groups excluding tert-OH is 1. The highest BCUT2D eigenvalue weighted by molar-refractivity contribution is 5.50. The van der Waals surface area contributed by atoms with Crippen LogP contribution in [0.5, 0.6) is 11.5 Å². The van der Waals surface area contributed by atoms with Gasteiger partial charge in [-0.3, -0.25) is 0 Å². The van der Waals surface area contributed by atoms with E-state index in [0.717, 1.165) is 11.1 Å². The van der Waals surface area contributed by atoms with Crippen molar-refractivity contribution in [3.63, 3.8) is 0 Å². The molecule has 0 amide bonds. The zero-order valence-corrected chi connectivity index (χ0v) is 11.6. The van der Waals surface area contributed by atoms with Gasteiger partial charge in [0.05, 0.1) is 39.0 Å². The van der Waals surface area contributed by atoms with Gasteiger partial charge in [-0.25, -0.2) is 0 Å². The number of nitrogens with two attached hydrogens (primary N) is 1. The summed E-state index contributed by atoms with van der Waals surface area (Å²) in [5.74, 6) is 1.33. The molecule has 0 aromatic heterocycles. The maximum absolute atomic E-state index is 10.2. The minimum absolute atomic E-state index is 0.206. The second-order valence-electron chi connectivity index (χ2n) is 4.92. The molecule has 1 aromatic carbocycles. The number of ether oxygens (including phenoxy) is 3. The number of hydrogen-bond acceptors (Lipinski definition) is 5. The molecular weight excluding hydrogens is 246 g/mol. The highest BCUT2D eigenvalue weighted by Gasteiger charge is 2.47. The molecule has 0 saturated carbocycles. The maximum Gasteiger partial charge on any atom is 0.161 e. The van der Waals surface area contributed by atoms with Gasteiger partial charge in [-0.05, 0) is 30.2 Å². The molecule has 1 fully saturated rings. The Balaban J connectivity index is 2.49. The van der Waals surface area contributed by atoms with Gasteiger partial charge in [0.25, 0.3) is 0 Å². The lowest BCUT2D eigenvalue weighted by atomic mass is 9.72. The van der Waals surface area contributed by atoms with Crippen LogP contribution in [-0.4, -0.2) is 45.2 Å². The summed E-state index contributed by atoms with van der Waals surface area (Å²) in [5, 5.41) is 10.2. The minimum atomic E-state index is -0.627. The molecule has 1 heterocycles. The molecule has 0 bridgehead atoms. The molecular formula is C14H21NO4. The van der Waals surface area contributed by atoms with Crippen molar-refractivity contribution in [2.24, 2.45) is 5.73 Å². The second-order valence-corrected chi connectivity index (χ2v) is 4.92. The van der Waals surface area contributed by atoms with Crippen molar-refractivity contribution in [1.29, 1.82) is 0 Å². The SMILES string of the molecule is COc1cc(C)c(C2(C(O)CN)COC2)cc1OC. The van der Waals surface area contributed by atoms with Crippen LogP contribution in [0.3, 0.4) is 0 Å². The van der Waals surface area contributed by atoms with Crippen LogP contribution in [0.2, 0.25) is 0 Å². The number of aliphatic hydroxyl groups is 1. The lowest BCUT2D eigenvalue weighted by molar-refractivity contribution is -0.117. The number of benzene rings is 1. The maximum atomic E-state index is 10.2. The number of rotatable bonds is 5. The summed E-state index contributed by atoms with van der Waals surface area (Å²) in [7, 11) is 3.20. The molecule has 5 nitrogen and oxygen atoms in total. The Bertz CT molecular complexity index is 457. The Kier molecular flexibility index (Phi) is 3.99. The van der Waals surface area contributed by atoms with Crippen molar-refractivity contribution in [3.8, 4) is 11.5 Å². The van der Waals surface area contributed by atoms with Gasteiger partial charge in [0.1, 0.15) is 0 Å². The number of methoxy groups -OCH3 is 2. The van der Waals surface area contributed by atoms with E-state index in [2.05, 4.69) is 0 Å². The van der Waals surface area contributed by atoms with Crippen molar-refractivity contribution in [1.82, 2.24) is 0 Å². The van der Waals surface area contributed by atoms with Crippen LogP contribution in [0.25, 0.3) is 0 Å². The first kappa shape index (κ1) is 14.1. The molecule has 1 saturated heterocycles. The monoisotopic (exact) mass is 267 g/mol. The summed E-state index contributed by atoms with van der Waals surface area (Å²) in [4.78, 5) is 0. The van der Waals surface area contributed by atoms with E-state index in [1.165, 1.54) is 0 Å². The molecule has 19 heavy (non-hydrogen) atoms. The Hall–Kier alpha value is -1.30. The topological polar surface area (TPSA) is 73.9 Å². The molecule has 0 spiro atoms. The van der Waals surface area contributed by atoms with Crippen molar-refractivity contribution in [2.45, 2.75) is 18.4 Å². The number of aryl methyl sites for hydroxylation is 1. The third-order valence-electron chi connectivity index (χ3n) is 3.85. The van der Waals surface area contributed by atoms with Gasteiger partial charge in [-0.2, -0.15) is 0 Å². The van der Waals surface area contributed by atoms with Crippen molar-refractivity contribution < 1.29 is 19.3 Å². The van der Waals surface area contributed by atoms with E-state index in [1.54, 1.807) is 14.2 Å². The van der Waals surface area contributed by atoms with Gasteiger partial charge in [0.2, 0.25) is 0 Å². The van der Waals surface area contributed by atoms with E-state index in [9.17, 15) is 5.11 Å². The molecule has 1 atom stereocenters. The Morgan fingerprint density at radius 2 is 1.89 bits per heavy atom. The first-order chi connectivity index (χ1) is 9.08. The average Bonchev–Trinajstić information content (AvgIpc) is 2.38. The Morgan fingerprint density at radius 1 is 1.32 bits per heavy atom. The van der Waals surface area contributed by atoms with Crippen LogP contribution >= 0.6 is 0 Å². The van der Waals surface area contributed by atoms with Crippen LogP contribution < -0.4 is 15.2 Å². The van der Waals surface area contributed by atoms with Crippen molar-refractivity contribution >= 4 is 0 Å². The summed E-state index contributed by atoms with van der Waals surface area (Å²) in [6, 6.07) is 3.83. The molecule has 1 unspecified atom stereocenters. The predicted molar refractivity (Wildman–Crippen MR) is 71.8 cm³/mol. The Morgan fingerprint density at radius 3 is 2.32 bits per heavy atom. The predicted octanol–water partition coefficient (Wildman–Crippen LogP) is 0.600. The fourth-order valence-electron chi connectivity index (χ4n) is 2.59. The zero-order chi connectivity index (χ0) is 14.0. The lowest BCUT2D eigenvalue weighted by Gasteiger charge is -2.46. The number of hydrogen-bond donors (Lipinski definition) is 2. The molecule has 2 rings (SSSR count). The smallest absolute Gasteiger partial charge is 0.161 e. The standard InChI is InChI=1S/C14H21NO4/c1-9-4-11(17-2)12(18-3)5-10(9)14(7-19-8-14)13(16)6-15/h4-5,13,16H,6-8,15H2,1-3H3. The zero-order valence-electron chi connectivity index (χ0n) is 11.6. The van der Waals surface area contributed by atoms with Crippen LogP contribution in [0, 0.1) is 6.92 Å². The van der Waals surface area contributed by atoms with Gasteiger partial charge in [-0.15, -0.1) is 0 Å². The van der Waals surface area contributed by atoms with Crippen molar-refractivity contribution in [3.05, 3.63) is 23.3 Å². The largest absolute Gasteiger partial charge is 0.493 e. The molecule has 106 valence electrons. The summed E-state index contributed by atoms with van der Waals surface area (Å²) >= 11 is 0. The molecule has 0 radical (unpaired) electrons. The van der Waals surface area contributed by atoms with E-state index in [0.29, 0.717) is 24.7 Å². The van der Waals surface area contributed by atoms with E-state index in [1.807, 2.05) is 19.1 Å². The summed E-state index contributed by atoms with van der Waals surface area (Å²) in [5.41, 5.74) is 7.23. The highest BCUT2D eigenvalue weighted by atomic mass is 16.5. The third kappa shape index (κ3) is 2.18. The van der Waals surface area contributed by atoms with Gasteiger partial charge in [-0.1, -0.05) is 0 Å². The summed E-state index contributed by atoms with van der Waals surface area (Å²) < 4.78 is 15.9. The van der Waals surface area contributed by atoms with Crippen LogP contribution in [0.1, 0.15) is 11.1 Å². The molecule has 1 aliphatic heterocycles. The van der Waals surface area contributed by atoms with Crippen molar-refractivity contribution in [2.75, 3.05) is 34.0 Å². The third-order valence-corrected chi connectivity index (χ3v) is 3.85. The van der Waals surface area contributed by atoms with Gasteiger partial charge < -0.3 is 25.1 Å². The summed E-state index contributed by atoms with van der Waals surface area (Å²) in [6.45, 7) is 3.14. The van der Waals surface area contributed by atoms with Gasteiger partial charge in [0.15, 0.2) is 11.5 Å². The minimum Gasteiger partial charge on any atom is -0.493 e. The van der Waals surface area contributed by atoms with E-state index < -0.39 is 11.5 Å². The van der Waals surface area contributed by atoms with Gasteiger partial charge >= 0.3 is 0 Å². The first-order valence-corrected chi connectivity index (χ1v) is 6.28. The fraction of sp³-hybridized carbons (Fsp3) is 0.571. The quantitative estimate of drug-likeness (QED) is 0.817. The molecule has 1 aliphatic rings. The normalized spacial score (nSPS) is 18.6. The van der Waals surface area contributed by atoms with E-state index >= 15 is 0 Å². The molecule has 5 heteroatoms. The van der Waals surface area contributed by atoms with E-state index in [-0.39, 0.29) is 6.54 Å².